The number of nitrogens with zero attached hydrogens (tertiary/aromatic N) is 1. The van der Waals surface area contributed by atoms with Crippen molar-refractivity contribution in [3.63, 3.8) is 0 Å². The van der Waals surface area contributed by atoms with Gasteiger partial charge in [0.25, 0.3) is 0 Å². The number of rotatable bonds is 5. The molecular weight excluding hydrogens is 188 g/mol. The van der Waals surface area contributed by atoms with E-state index in [0.717, 1.165) is 24.3 Å². The van der Waals surface area contributed by atoms with Crippen molar-refractivity contribution in [3.05, 3.63) is 24.3 Å². The Morgan fingerprint density at radius 1 is 1.40 bits per heavy atom. The number of aliphatic hydroxyl groups is 1. The number of nitrogen functional groups attached to an aromatic ring is 1. The molecule has 0 aliphatic carbocycles. The second-order valence-electron chi connectivity index (χ2n) is 3.85. The van der Waals surface area contributed by atoms with Crippen LogP contribution < -0.4 is 10.6 Å². The summed E-state index contributed by atoms with van der Waals surface area (Å²) in [5.41, 5.74) is 7.69. The van der Waals surface area contributed by atoms with Gasteiger partial charge in [-0.25, -0.2) is 0 Å². The Hall–Kier alpha value is -1.22. The molecule has 3 nitrogen and oxygen atoms in total. The lowest BCUT2D eigenvalue weighted by atomic mass is 10.2. The summed E-state index contributed by atoms with van der Waals surface area (Å²) in [4.78, 5) is 2.12. The molecule has 1 rings (SSSR count). The fourth-order valence-corrected chi connectivity index (χ4v) is 1.67. The van der Waals surface area contributed by atoms with E-state index >= 15 is 0 Å². The Morgan fingerprint density at radius 3 is 2.60 bits per heavy atom. The van der Waals surface area contributed by atoms with Gasteiger partial charge in [-0.15, -0.1) is 0 Å². The summed E-state index contributed by atoms with van der Waals surface area (Å²) in [5.74, 6) is 0. The molecule has 0 radical (unpaired) electrons. The third-order valence-electron chi connectivity index (χ3n) is 2.26. The number of para-hydroxylation sites is 2. The molecule has 0 spiro atoms. The molecular formula is C12H20N2O. The zero-order valence-corrected chi connectivity index (χ0v) is 9.48. The maximum absolute atomic E-state index is 9.42. The van der Waals surface area contributed by atoms with Gasteiger partial charge in [-0.1, -0.05) is 19.1 Å². The summed E-state index contributed by atoms with van der Waals surface area (Å²) in [6.07, 6.45) is 0.706. The second-order valence-corrected chi connectivity index (χ2v) is 3.85. The molecule has 0 saturated carbocycles. The van der Waals surface area contributed by atoms with Crippen LogP contribution in [0, 0.1) is 0 Å². The van der Waals surface area contributed by atoms with E-state index in [1.807, 2.05) is 24.3 Å². The molecule has 0 bridgehead atoms. The zero-order chi connectivity index (χ0) is 11.3. The van der Waals surface area contributed by atoms with Gasteiger partial charge in [0, 0.05) is 13.1 Å². The van der Waals surface area contributed by atoms with Crippen molar-refractivity contribution < 1.29 is 5.11 Å². The maximum Gasteiger partial charge on any atom is 0.0687 e. The van der Waals surface area contributed by atoms with Crippen LogP contribution in [0.5, 0.6) is 0 Å². The monoisotopic (exact) mass is 208 g/mol. The lowest BCUT2D eigenvalue weighted by Gasteiger charge is -2.26. The largest absolute Gasteiger partial charge is 0.397 e. The fourth-order valence-electron chi connectivity index (χ4n) is 1.67. The van der Waals surface area contributed by atoms with Crippen molar-refractivity contribution >= 4 is 11.4 Å². The summed E-state index contributed by atoms with van der Waals surface area (Å²) in [6, 6.07) is 7.77. The molecule has 1 aromatic rings. The van der Waals surface area contributed by atoms with Crippen LogP contribution in [0.3, 0.4) is 0 Å². The molecule has 3 N–H and O–H groups in total. The first-order valence-electron chi connectivity index (χ1n) is 5.42. The van der Waals surface area contributed by atoms with Gasteiger partial charge in [-0.3, -0.25) is 0 Å². The highest BCUT2D eigenvalue weighted by Crippen LogP contribution is 2.22. The Morgan fingerprint density at radius 2 is 2.07 bits per heavy atom. The molecule has 1 unspecified atom stereocenters. The van der Waals surface area contributed by atoms with Crippen LogP contribution in [-0.4, -0.2) is 24.3 Å². The Kier molecular flexibility index (Phi) is 4.43. The molecule has 0 aliphatic heterocycles. The number of hydrogen-bond acceptors (Lipinski definition) is 3. The number of hydrogen-bond donors (Lipinski definition) is 2. The van der Waals surface area contributed by atoms with E-state index in [2.05, 4.69) is 11.8 Å². The van der Waals surface area contributed by atoms with Crippen LogP contribution >= 0.6 is 0 Å². The van der Waals surface area contributed by atoms with E-state index in [1.54, 1.807) is 6.92 Å². The average molecular weight is 208 g/mol. The van der Waals surface area contributed by atoms with Crippen LogP contribution in [-0.2, 0) is 0 Å². The van der Waals surface area contributed by atoms with Crippen LogP contribution in [0.1, 0.15) is 20.3 Å². The lowest BCUT2D eigenvalue weighted by Crippen LogP contribution is -2.32. The van der Waals surface area contributed by atoms with Gasteiger partial charge in [0.15, 0.2) is 0 Å². The molecule has 0 fully saturated rings. The summed E-state index contributed by atoms with van der Waals surface area (Å²) < 4.78 is 0. The number of benzene rings is 1. The van der Waals surface area contributed by atoms with Gasteiger partial charge in [0.05, 0.1) is 17.5 Å². The van der Waals surface area contributed by atoms with E-state index in [4.69, 9.17) is 5.73 Å². The standard InChI is InChI=1S/C12H20N2O/c1-3-8-14(9-10(2)15)12-7-5-4-6-11(12)13/h4-7,10,15H,3,8-9,13H2,1-2H3. The minimum absolute atomic E-state index is 0.337. The molecule has 0 saturated heterocycles. The minimum Gasteiger partial charge on any atom is -0.397 e. The number of anilines is 2. The molecule has 15 heavy (non-hydrogen) atoms. The Balaban J connectivity index is 2.83. The Bertz CT molecular complexity index is 299. The SMILES string of the molecule is CCCN(CC(C)O)c1ccccc1N. The van der Waals surface area contributed by atoms with Gasteiger partial charge in [0.2, 0.25) is 0 Å². The quantitative estimate of drug-likeness (QED) is 0.726. The summed E-state index contributed by atoms with van der Waals surface area (Å²) in [6.45, 7) is 5.46. The highest BCUT2D eigenvalue weighted by atomic mass is 16.3. The molecule has 84 valence electrons. The van der Waals surface area contributed by atoms with Crippen LogP contribution in [0.2, 0.25) is 0 Å². The van der Waals surface area contributed by atoms with Crippen molar-refractivity contribution in [2.24, 2.45) is 0 Å². The topological polar surface area (TPSA) is 49.5 Å². The second kappa shape index (κ2) is 5.61. The van der Waals surface area contributed by atoms with E-state index in [9.17, 15) is 5.11 Å². The maximum atomic E-state index is 9.42. The van der Waals surface area contributed by atoms with Crippen molar-refractivity contribution in [1.29, 1.82) is 0 Å². The number of aliphatic hydroxyl groups excluding tert-OH is 1. The minimum atomic E-state index is -0.337. The first kappa shape index (κ1) is 11.9. The molecule has 0 aliphatic rings. The summed E-state index contributed by atoms with van der Waals surface area (Å²) in [5, 5.41) is 9.42. The van der Waals surface area contributed by atoms with Crippen molar-refractivity contribution in [2.45, 2.75) is 26.4 Å². The molecule has 3 heteroatoms. The van der Waals surface area contributed by atoms with Crippen LogP contribution in [0.25, 0.3) is 0 Å². The number of nitrogens with two attached hydrogens (primary N) is 1. The first-order valence-corrected chi connectivity index (χ1v) is 5.42. The Labute approximate surface area is 91.5 Å². The summed E-state index contributed by atoms with van der Waals surface area (Å²) >= 11 is 0. The van der Waals surface area contributed by atoms with Crippen molar-refractivity contribution in [2.75, 3.05) is 23.7 Å². The highest BCUT2D eigenvalue weighted by molar-refractivity contribution is 5.67. The van der Waals surface area contributed by atoms with E-state index in [1.165, 1.54) is 0 Å². The predicted octanol–water partition coefficient (Wildman–Crippen LogP) is 1.87. The van der Waals surface area contributed by atoms with Crippen LogP contribution in [0.4, 0.5) is 11.4 Å². The zero-order valence-electron chi connectivity index (χ0n) is 9.48. The highest BCUT2D eigenvalue weighted by Gasteiger charge is 2.10. The fraction of sp³-hybridized carbons (Fsp3) is 0.500. The predicted molar refractivity (Wildman–Crippen MR) is 65.0 cm³/mol. The molecule has 1 atom stereocenters. The molecule has 1 aromatic carbocycles. The van der Waals surface area contributed by atoms with E-state index in [-0.39, 0.29) is 6.10 Å². The van der Waals surface area contributed by atoms with Gasteiger partial charge < -0.3 is 15.7 Å². The first-order chi connectivity index (χ1) is 7.15. The molecule has 0 aromatic heterocycles. The smallest absolute Gasteiger partial charge is 0.0687 e. The third kappa shape index (κ3) is 3.44. The third-order valence-corrected chi connectivity index (χ3v) is 2.26. The van der Waals surface area contributed by atoms with Gasteiger partial charge in [-0.05, 0) is 25.5 Å². The van der Waals surface area contributed by atoms with Crippen molar-refractivity contribution in [3.8, 4) is 0 Å². The van der Waals surface area contributed by atoms with Crippen LogP contribution in [0.15, 0.2) is 24.3 Å². The average Bonchev–Trinajstić information content (AvgIpc) is 2.17. The normalized spacial score (nSPS) is 12.5. The van der Waals surface area contributed by atoms with Gasteiger partial charge in [0.1, 0.15) is 0 Å². The molecule has 0 heterocycles. The van der Waals surface area contributed by atoms with E-state index in [0.29, 0.717) is 6.54 Å². The van der Waals surface area contributed by atoms with Crippen molar-refractivity contribution in [1.82, 2.24) is 0 Å². The van der Waals surface area contributed by atoms with E-state index < -0.39 is 0 Å². The summed E-state index contributed by atoms with van der Waals surface area (Å²) in [7, 11) is 0. The lowest BCUT2D eigenvalue weighted by molar-refractivity contribution is 0.200. The van der Waals surface area contributed by atoms with Gasteiger partial charge in [-0.2, -0.15) is 0 Å². The molecule has 0 amide bonds. The van der Waals surface area contributed by atoms with Gasteiger partial charge >= 0.3 is 0 Å².